The number of carbonyl (C=O) groups is 1. The monoisotopic (exact) mass is 213 g/mol. The van der Waals surface area contributed by atoms with E-state index in [0.717, 1.165) is 7.11 Å². The van der Waals surface area contributed by atoms with E-state index in [0.29, 0.717) is 4.48 Å². The van der Waals surface area contributed by atoms with E-state index in [2.05, 4.69) is 4.18 Å². The summed E-state index contributed by atoms with van der Waals surface area (Å²) in [6, 6.07) is 0. The standard InChI is InChI=1S/C5H12NO.CH4O4S/c1-5(7)6(2,3)4;1-5-6(2,3)4/h1-4H3;1H3,(H,2,3,4)/q+1;/p-1. The zero-order valence-corrected chi connectivity index (χ0v) is 9.21. The van der Waals surface area contributed by atoms with Crippen LogP contribution in [0.3, 0.4) is 0 Å². The van der Waals surface area contributed by atoms with Crippen molar-refractivity contribution in [1.29, 1.82) is 0 Å². The summed E-state index contributed by atoms with van der Waals surface area (Å²) < 4.78 is 31.4. The minimum Gasteiger partial charge on any atom is -0.726 e. The summed E-state index contributed by atoms with van der Waals surface area (Å²) in [5, 5.41) is 0. The highest BCUT2D eigenvalue weighted by atomic mass is 32.3. The molecule has 0 aromatic rings. The molecule has 1 amide bonds. The van der Waals surface area contributed by atoms with Crippen LogP contribution in [0.1, 0.15) is 6.92 Å². The molecule has 7 heteroatoms. The molecule has 0 rings (SSSR count). The number of rotatable bonds is 1. The molecule has 0 saturated heterocycles. The lowest BCUT2D eigenvalue weighted by Gasteiger charge is -2.17. The van der Waals surface area contributed by atoms with Crippen LogP contribution in [0.4, 0.5) is 0 Å². The average Bonchev–Trinajstić information content (AvgIpc) is 1.85. The molecule has 0 aromatic heterocycles. The molecule has 0 saturated carbocycles. The maximum atomic E-state index is 10.4. The Morgan fingerprint density at radius 3 is 1.46 bits per heavy atom. The molecule has 0 aliphatic rings. The second kappa shape index (κ2) is 5.28. The molecule has 0 unspecified atom stereocenters. The van der Waals surface area contributed by atoms with Crippen LogP contribution in [-0.4, -0.2) is 51.6 Å². The molecule has 0 heterocycles. The summed E-state index contributed by atoms with van der Waals surface area (Å²) in [5.74, 6) is 0.181. The van der Waals surface area contributed by atoms with E-state index >= 15 is 0 Å². The summed E-state index contributed by atoms with van der Waals surface area (Å²) in [7, 11) is 1.94. The van der Waals surface area contributed by atoms with Gasteiger partial charge in [-0.05, 0) is 0 Å². The molecule has 0 bridgehead atoms. The van der Waals surface area contributed by atoms with Crippen molar-refractivity contribution in [2.75, 3.05) is 28.3 Å². The smallest absolute Gasteiger partial charge is 0.309 e. The van der Waals surface area contributed by atoms with Crippen LogP contribution in [0.5, 0.6) is 0 Å². The van der Waals surface area contributed by atoms with E-state index in [1.54, 1.807) is 6.92 Å². The highest BCUT2D eigenvalue weighted by molar-refractivity contribution is 7.80. The van der Waals surface area contributed by atoms with Gasteiger partial charge in [-0.1, -0.05) is 0 Å². The molecule has 6 nitrogen and oxygen atoms in total. The van der Waals surface area contributed by atoms with Gasteiger partial charge < -0.3 is 4.55 Å². The number of carbonyl (C=O) groups excluding carboxylic acids is 1. The zero-order valence-electron chi connectivity index (χ0n) is 8.40. The first-order valence-corrected chi connectivity index (χ1v) is 4.68. The molecule has 0 fully saturated rings. The van der Waals surface area contributed by atoms with Gasteiger partial charge in [0.15, 0.2) is 0 Å². The Labute approximate surface area is 78.7 Å². The maximum absolute atomic E-state index is 10.4. The minimum absolute atomic E-state index is 0.181. The van der Waals surface area contributed by atoms with Gasteiger partial charge in [0.2, 0.25) is 10.4 Å². The molecule has 13 heavy (non-hydrogen) atoms. The summed E-state index contributed by atoms with van der Waals surface area (Å²) in [5.41, 5.74) is 0. The second-order valence-corrected chi connectivity index (χ2v) is 4.26. The van der Waals surface area contributed by atoms with Gasteiger partial charge in [0.1, 0.15) is 0 Å². The summed E-state index contributed by atoms with van der Waals surface area (Å²) in [6.07, 6.45) is 0. The Morgan fingerprint density at radius 2 is 1.46 bits per heavy atom. The zero-order chi connectivity index (χ0) is 11.3. The molecule has 0 N–H and O–H groups in total. The molecular formula is C6H15NO5S. The van der Waals surface area contributed by atoms with Crippen molar-refractivity contribution in [3.05, 3.63) is 0 Å². The van der Waals surface area contributed by atoms with E-state index in [9.17, 15) is 17.8 Å². The van der Waals surface area contributed by atoms with Crippen LogP contribution in [0, 0.1) is 0 Å². The van der Waals surface area contributed by atoms with Crippen molar-refractivity contribution in [1.82, 2.24) is 0 Å². The first-order chi connectivity index (χ1) is 5.50. The lowest BCUT2D eigenvalue weighted by molar-refractivity contribution is -0.791. The topological polar surface area (TPSA) is 83.5 Å². The van der Waals surface area contributed by atoms with E-state index in [1.165, 1.54) is 0 Å². The van der Waals surface area contributed by atoms with Gasteiger partial charge >= 0.3 is 5.91 Å². The first-order valence-electron chi connectivity index (χ1n) is 3.34. The second-order valence-electron chi connectivity index (χ2n) is 3.11. The fourth-order valence-electron chi connectivity index (χ4n) is 0. The van der Waals surface area contributed by atoms with Crippen LogP contribution < -0.4 is 0 Å². The minimum atomic E-state index is -4.41. The summed E-state index contributed by atoms with van der Waals surface area (Å²) in [6.45, 7) is 1.58. The van der Waals surface area contributed by atoms with E-state index in [4.69, 9.17) is 0 Å². The van der Waals surface area contributed by atoms with Crippen LogP contribution >= 0.6 is 0 Å². The quantitative estimate of drug-likeness (QED) is 0.328. The van der Waals surface area contributed by atoms with Gasteiger partial charge in [0.05, 0.1) is 35.2 Å². The molecule has 0 atom stereocenters. The Kier molecular flexibility index (Phi) is 6.09. The number of quaternary nitrogens is 1. The third-order valence-corrected chi connectivity index (χ3v) is 1.56. The molecule has 0 radical (unpaired) electrons. The van der Waals surface area contributed by atoms with Crippen molar-refractivity contribution < 1.29 is 26.4 Å². The molecule has 0 aromatic carbocycles. The van der Waals surface area contributed by atoms with Gasteiger partial charge in [-0.2, -0.15) is 0 Å². The normalized spacial score (nSPS) is 11.5. The Hall–Kier alpha value is -0.500. The SMILES string of the molecule is CC(=O)[N+](C)(C)C.COS(=O)(=O)[O-]. The third kappa shape index (κ3) is 14.4. The highest BCUT2D eigenvalue weighted by Gasteiger charge is 2.11. The third-order valence-electron chi connectivity index (χ3n) is 1.15. The average molecular weight is 213 g/mol. The fourth-order valence-corrected chi connectivity index (χ4v) is 0. The van der Waals surface area contributed by atoms with Crippen molar-refractivity contribution in [2.45, 2.75) is 6.92 Å². The number of hydrogen-bond donors (Lipinski definition) is 0. The largest absolute Gasteiger partial charge is 0.726 e. The van der Waals surface area contributed by atoms with Gasteiger partial charge in [0, 0.05) is 0 Å². The number of hydrogen-bond acceptors (Lipinski definition) is 5. The van der Waals surface area contributed by atoms with E-state index < -0.39 is 10.4 Å². The van der Waals surface area contributed by atoms with Crippen LogP contribution in [-0.2, 0) is 19.4 Å². The predicted octanol–water partition coefficient (Wildman–Crippen LogP) is -0.668. The van der Waals surface area contributed by atoms with Crippen LogP contribution in [0.25, 0.3) is 0 Å². The predicted molar refractivity (Wildman–Crippen MR) is 45.4 cm³/mol. The number of amides is 1. The van der Waals surface area contributed by atoms with Crippen molar-refractivity contribution in [3.8, 4) is 0 Å². The van der Waals surface area contributed by atoms with Crippen molar-refractivity contribution in [3.63, 3.8) is 0 Å². The molecule has 0 aliphatic carbocycles. The molecular weight excluding hydrogens is 198 g/mol. The lowest BCUT2D eigenvalue weighted by Crippen LogP contribution is -2.38. The van der Waals surface area contributed by atoms with Gasteiger partial charge in [-0.15, -0.1) is 0 Å². The molecule has 0 aliphatic heterocycles. The lowest BCUT2D eigenvalue weighted by atomic mass is 10.5. The van der Waals surface area contributed by atoms with E-state index in [1.807, 2.05) is 21.1 Å². The Balaban J connectivity index is 0. The van der Waals surface area contributed by atoms with E-state index in [-0.39, 0.29) is 5.91 Å². The van der Waals surface area contributed by atoms with Crippen molar-refractivity contribution in [2.24, 2.45) is 0 Å². The molecule has 0 spiro atoms. The van der Waals surface area contributed by atoms with Crippen LogP contribution in [0.2, 0.25) is 0 Å². The first kappa shape index (κ1) is 15.0. The molecule has 80 valence electrons. The number of nitrogens with zero attached hydrogens (tertiary/aromatic N) is 1. The van der Waals surface area contributed by atoms with Gasteiger partial charge in [0.25, 0.3) is 0 Å². The fraction of sp³-hybridized carbons (Fsp3) is 0.833. The summed E-state index contributed by atoms with van der Waals surface area (Å²) in [4.78, 5) is 10.4. The van der Waals surface area contributed by atoms with Gasteiger partial charge in [-0.25, -0.2) is 13.2 Å². The Bertz CT molecular complexity index is 251. The Morgan fingerprint density at radius 1 is 1.31 bits per heavy atom. The summed E-state index contributed by atoms with van der Waals surface area (Å²) >= 11 is 0. The highest BCUT2D eigenvalue weighted by Crippen LogP contribution is 1.87. The van der Waals surface area contributed by atoms with Crippen LogP contribution in [0.15, 0.2) is 0 Å². The maximum Gasteiger partial charge on any atom is 0.309 e. The van der Waals surface area contributed by atoms with Gasteiger partial charge in [-0.3, -0.25) is 8.67 Å². The van der Waals surface area contributed by atoms with Crippen molar-refractivity contribution >= 4 is 16.3 Å².